The highest BCUT2D eigenvalue weighted by molar-refractivity contribution is 7.80. The van der Waals surface area contributed by atoms with Crippen LogP contribution in [0, 0.1) is 6.92 Å². The zero-order chi connectivity index (χ0) is 17.5. The van der Waals surface area contributed by atoms with Gasteiger partial charge in [-0.1, -0.05) is 48.0 Å². The summed E-state index contributed by atoms with van der Waals surface area (Å²) >= 11 is 16.8. The van der Waals surface area contributed by atoms with Crippen LogP contribution in [0.25, 0.3) is 0 Å². The van der Waals surface area contributed by atoms with E-state index in [1.54, 1.807) is 12.1 Å². The monoisotopic (exact) mass is 378 g/mol. The van der Waals surface area contributed by atoms with Gasteiger partial charge in [0.25, 0.3) is 0 Å². The lowest BCUT2D eigenvalue weighted by molar-refractivity contribution is 0.450. The number of nitrogens with one attached hydrogen (secondary N) is 3. The third-order valence-corrected chi connectivity index (χ3v) is 4.40. The molecule has 2 aromatic carbocycles. The van der Waals surface area contributed by atoms with Crippen molar-refractivity contribution < 1.29 is 0 Å². The topological polar surface area (TPSA) is 39.3 Å². The molecule has 4 nitrogen and oxygen atoms in total. The van der Waals surface area contributed by atoms with Crippen LogP contribution in [0.2, 0.25) is 5.02 Å². The largest absolute Gasteiger partial charge is 0.357 e. The van der Waals surface area contributed by atoms with Crippen LogP contribution in [-0.2, 0) is 6.54 Å². The first-order valence-corrected chi connectivity index (χ1v) is 8.55. The van der Waals surface area contributed by atoms with Crippen LogP contribution in [0.1, 0.15) is 11.1 Å². The lowest BCUT2D eigenvalue weighted by Crippen LogP contribution is -2.49. The maximum absolute atomic E-state index is 6.11. The first-order chi connectivity index (χ1) is 11.5. The molecule has 2 rings (SSSR count). The van der Waals surface area contributed by atoms with Gasteiger partial charge in [0.2, 0.25) is 0 Å². The summed E-state index contributed by atoms with van der Waals surface area (Å²) in [4.78, 5) is 0. The summed E-state index contributed by atoms with van der Waals surface area (Å²) in [5.74, 6) is 0. The Morgan fingerprint density at radius 3 is 2.50 bits per heavy atom. The minimum absolute atomic E-state index is 0.437. The highest BCUT2D eigenvalue weighted by atomic mass is 35.5. The van der Waals surface area contributed by atoms with Gasteiger partial charge in [-0.05, 0) is 54.6 Å². The van der Waals surface area contributed by atoms with Gasteiger partial charge in [-0.25, -0.2) is 0 Å². The number of nitrogens with zero attached hydrogens (tertiary/aromatic N) is 1. The first kappa shape index (κ1) is 18.4. The molecule has 0 aliphatic carbocycles. The minimum Gasteiger partial charge on any atom is -0.357 e. The predicted octanol–water partition coefficient (Wildman–Crippen LogP) is 3.86. The second kappa shape index (κ2) is 8.82. The van der Waals surface area contributed by atoms with E-state index >= 15 is 0 Å². The average molecular weight is 379 g/mol. The molecule has 0 spiro atoms. The fraction of sp³-hybridized carbons (Fsp3) is 0.176. The van der Waals surface area contributed by atoms with Crippen LogP contribution in [0.5, 0.6) is 0 Å². The van der Waals surface area contributed by atoms with Gasteiger partial charge in [0, 0.05) is 24.3 Å². The van der Waals surface area contributed by atoms with Crippen molar-refractivity contribution in [2.24, 2.45) is 0 Å². The molecule has 0 unspecified atom stereocenters. The van der Waals surface area contributed by atoms with Crippen molar-refractivity contribution in [2.45, 2.75) is 13.5 Å². The van der Waals surface area contributed by atoms with Gasteiger partial charge in [0.05, 0.1) is 0 Å². The molecule has 0 bridgehead atoms. The number of halogens is 1. The second-order valence-corrected chi connectivity index (χ2v) is 6.38. The summed E-state index contributed by atoms with van der Waals surface area (Å²) < 4.78 is 0. The van der Waals surface area contributed by atoms with Crippen LogP contribution in [-0.4, -0.2) is 22.3 Å². The molecule has 0 atom stereocenters. The van der Waals surface area contributed by atoms with E-state index in [4.69, 9.17) is 36.0 Å². The summed E-state index contributed by atoms with van der Waals surface area (Å²) in [7, 11) is 1.80. The molecular weight excluding hydrogens is 360 g/mol. The first-order valence-electron chi connectivity index (χ1n) is 7.35. The van der Waals surface area contributed by atoms with E-state index < -0.39 is 0 Å². The lowest BCUT2D eigenvalue weighted by Gasteiger charge is -2.24. The Bertz CT molecular complexity index is 722. The number of rotatable bonds is 3. The molecule has 0 heterocycles. The summed E-state index contributed by atoms with van der Waals surface area (Å²) in [6, 6.07) is 15.7. The summed E-state index contributed by atoms with van der Waals surface area (Å²) in [6.45, 7) is 2.59. The Morgan fingerprint density at radius 2 is 1.79 bits per heavy atom. The van der Waals surface area contributed by atoms with E-state index in [-0.39, 0.29) is 0 Å². The van der Waals surface area contributed by atoms with E-state index in [0.29, 0.717) is 21.8 Å². The molecule has 24 heavy (non-hydrogen) atoms. The second-order valence-electron chi connectivity index (χ2n) is 5.18. The molecule has 126 valence electrons. The van der Waals surface area contributed by atoms with Crippen molar-refractivity contribution in [3.63, 3.8) is 0 Å². The third kappa shape index (κ3) is 5.33. The minimum atomic E-state index is 0.437. The number of anilines is 1. The van der Waals surface area contributed by atoms with Crippen molar-refractivity contribution in [1.82, 2.24) is 15.8 Å². The fourth-order valence-corrected chi connectivity index (χ4v) is 2.53. The van der Waals surface area contributed by atoms with Gasteiger partial charge in [-0.3, -0.25) is 10.4 Å². The summed E-state index contributed by atoms with van der Waals surface area (Å²) in [5, 5.41) is 9.63. The molecule has 0 amide bonds. The fourth-order valence-electron chi connectivity index (χ4n) is 1.99. The van der Waals surface area contributed by atoms with E-state index in [1.165, 1.54) is 0 Å². The predicted molar refractivity (Wildman–Crippen MR) is 109 cm³/mol. The molecule has 0 aromatic heterocycles. The molecule has 0 saturated carbocycles. The van der Waals surface area contributed by atoms with Gasteiger partial charge in [0.15, 0.2) is 10.2 Å². The van der Waals surface area contributed by atoms with Gasteiger partial charge in [-0.2, -0.15) is 0 Å². The van der Waals surface area contributed by atoms with Crippen LogP contribution in [0.4, 0.5) is 5.69 Å². The van der Waals surface area contributed by atoms with Crippen molar-refractivity contribution in [2.75, 3.05) is 12.4 Å². The van der Waals surface area contributed by atoms with Crippen LogP contribution in [0.3, 0.4) is 0 Å². The van der Waals surface area contributed by atoms with Crippen molar-refractivity contribution in [3.05, 3.63) is 64.7 Å². The van der Waals surface area contributed by atoms with Crippen LogP contribution < -0.4 is 16.1 Å². The van der Waals surface area contributed by atoms with E-state index in [2.05, 4.69) is 16.1 Å². The van der Waals surface area contributed by atoms with Gasteiger partial charge in [-0.15, -0.1) is 0 Å². The number of hydrogen-bond donors (Lipinski definition) is 3. The number of thiocarbonyl (C=S) groups is 2. The SMILES string of the molecule is Cc1c(Cl)cccc1NC(=S)NN(C)C(=S)NCc1ccccc1. The Labute approximate surface area is 158 Å². The van der Waals surface area contributed by atoms with E-state index in [0.717, 1.165) is 16.8 Å². The van der Waals surface area contributed by atoms with Gasteiger partial charge in [0.1, 0.15) is 0 Å². The standard InChI is InChI=1S/C17H19ClN4S2/c1-12-14(18)9-6-10-15(12)20-16(23)21-22(2)17(24)19-11-13-7-4-3-5-8-13/h3-10H,11H2,1-2H3,(H,19,24)(H2,20,21,23). The van der Waals surface area contributed by atoms with Crippen molar-refractivity contribution in [1.29, 1.82) is 0 Å². The number of benzene rings is 2. The lowest BCUT2D eigenvalue weighted by atomic mass is 10.2. The molecule has 0 aliphatic heterocycles. The molecule has 3 N–H and O–H groups in total. The zero-order valence-electron chi connectivity index (χ0n) is 13.5. The Kier molecular flexibility index (Phi) is 6.78. The number of hydrazine groups is 1. The third-order valence-electron chi connectivity index (χ3n) is 3.38. The normalized spacial score (nSPS) is 9.96. The van der Waals surface area contributed by atoms with Crippen LogP contribution in [0.15, 0.2) is 48.5 Å². The molecule has 7 heteroatoms. The zero-order valence-corrected chi connectivity index (χ0v) is 15.9. The Hall–Kier alpha value is -1.89. The van der Waals surface area contributed by atoms with Gasteiger partial charge < -0.3 is 10.6 Å². The number of hydrogen-bond acceptors (Lipinski definition) is 2. The van der Waals surface area contributed by atoms with E-state index in [9.17, 15) is 0 Å². The average Bonchev–Trinajstić information content (AvgIpc) is 2.57. The molecule has 0 aliphatic rings. The molecule has 2 aromatic rings. The highest BCUT2D eigenvalue weighted by Crippen LogP contribution is 2.22. The quantitative estimate of drug-likeness (QED) is 0.556. The molecule has 0 fully saturated rings. The van der Waals surface area contributed by atoms with Crippen molar-refractivity contribution >= 4 is 51.9 Å². The molecule has 0 saturated heterocycles. The van der Waals surface area contributed by atoms with E-state index in [1.807, 2.05) is 55.5 Å². The highest BCUT2D eigenvalue weighted by Gasteiger charge is 2.08. The molecule has 0 radical (unpaired) electrons. The maximum atomic E-state index is 6.11. The van der Waals surface area contributed by atoms with Crippen LogP contribution >= 0.6 is 36.0 Å². The van der Waals surface area contributed by atoms with Gasteiger partial charge >= 0.3 is 0 Å². The molecular formula is C17H19ClN4S2. The Balaban J connectivity index is 1.84. The van der Waals surface area contributed by atoms with Crippen molar-refractivity contribution in [3.8, 4) is 0 Å². The maximum Gasteiger partial charge on any atom is 0.189 e. The smallest absolute Gasteiger partial charge is 0.189 e. The summed E-state index contributed by atoms with van der Waals surface area (Å²) in [5.41, 5.74) is 5.97. The summed E-state index contributed by atoms with van der Waals surface area (Å²) in [6.07, 6.45) is 0. The Morgan fingerprint density at radius 1 is 1.08 bits per heavy atom.